The third-order valence-electron chi connectivity index (χ3n) is 6.08. The first kappa shape index (κ1) is 19.8. The number of primary amides is 1. The Labute approximate surface area is 171 Å². The number of carbonyl (C=O) groups excluding carboxylic acids is 2. The molecule has 1 aromatic carbocycles. The van der Waals surface area contributed by atoms with E-state index in [4.69, 9.17) is 10.5 Å². The molecule has 1 atom stereocenters. The zero-order chi connectivity index (χ0) is 20.8. The molecule has 0 saturated carbocycles. The third-order valence-corrected chi connectivity index (χ3v) is 6.08. The lowest BCUT2D eigenvalue weighted by molar-refractivity contribution is 0.0909. The molecule has 6 nitrogen and oxygen atoms in total. The van der Waals surface area contributed by atoms with Crippen LogP contribution >= 0.6 is 0 Å². The van der Waals surface area contributed by atoms with Crippen LogP contribution in [0.15, 0.2) is 18.2 Å². The fraction of sp³-hybridized carbons (Fsp3) is 0.522. The van der Waals surface area contributed by atoms with Gasteiger partial charge < -0.3 is 10.5 Å². The number of nitrogens with two attached hydrogens (primary N) is 1. The Kier molecular flexibility index (Phi) is 5.07. The molecule has 2 N–H and O–H groups in total. The highest BCUT2D eigenvalue weighted by atomic mass is 16.5. The molecule has 2 aliphatic rings. The van der Waals surface area contributed by atoms with Gasteiger partial charge in [0.2, 0.25) is 5.91 Å². The first-order valence-corrected chi connectivity index (χ1v) is 10.4. The van der Waals surface area contributed by atoms with Gasteiger partial charge in [0.1, 0.15) is 0 Å². The lowest BCUT2D eigenvalue weighted by Gasteiger charge is -2.29. The Morgan fingerprint density at radius 1 is 1.34 bits per heavy atom. The summed E-state index contributed by atoms with van der Waals surface area (Å²) in [4.78, 5) is 24.7. The monoisotopic (exact) mass is 395 g/mol. The maximum Gasteiger partial charge on any atom is 0.248 e. The zero-order valence-electron chi connectivity index (χ0n) is 17.5. The minimum Gasteiger partial charge on any atom is -0.378 e. The number of ketones is 1. The van der Waals surface area contributed by atoms with Gasteiger partial charge in [-0.1, -0.05) is 13.8 Å². The summed E-state index contributed by atoms with van der Waals surface area (Å²) in [7, 11) is 0. The van der Waals surface area contributed by atoms with E-state index in [1.54, 1.807) is 6.07 Å². The van der Waals surface area contributed by atoms with Gasteiger partial charge in [0.05, 0.1) is 28.7 Å². The second kappa shape index (κ2) is 7.41. The molecule has 2 aromatic rings. The smallest absolute Gasteiger partial charge is 0.248 e. The largest absolute Gasteiger partial charge is 0.378 e. The van der Waals surface area contributed by atoms with E-state index in [0.717, 1.165) is 66.9 Å². The number of Topliss-reactive ketones (excluding diaryl/α,β-unsaturated/α-hetero) is 1. The van der Waals surface area contributed by atoms with Gasteiger partial charge in [0, 0.05) is 18.6 Å². The number of rotatable bonds is 5. The molecular weight excluding hydrogens is 366 g/mol. The summed E-state index contributed by atoms with van der Waals surface area (Å²) < 4.78 is 7.61. The molecule has 6 heteroatoms. The Morgan fingerprint density at radius 3 is 2.83 bits per heavy atom. The van der Waals surface area contributed by atoms with E-state index in [-0.39, 0.29) is 17.3 Å². The van der Waals surface area contributed by atoms with Gasteiger partial charge in [0.15, 0.2) is 5.78 Å². The summed E-state index contributed by atoms with van der Waals surface area (Å²) in [6, 6.07) is 5.64. The van der Waals surface area contributed by atoms with Gasteiger partial charge in [-0.3, -0.25) is 9.59 Å². The van der Waals surface area contributed by atoms with E-state index in [0.29, 0.717) is 12.0 Å². The average Bonchev–Trinajstić information content (AvgIpc) is 3.26. The van der Waals surface area contributed by atoms with Crippen molar-refractivity contribution in [1.29, 1.82) is 0 Å². The number of benzene rings is 1. The molecule has 0 radical (unpaired) electrons. The summed E-state index contributed by atoms with van der Waals surface area (Å²) >= 11 is 0. The van der Waals surface area contributed by atoms with Crippen LogP contribution in [0.3, 0.4) is 0 Å². The predicted molar refractivity (Wildman–Crippen MR) is 111 cm³/mol. The van der Waals surface area contributed by atoms with Crippen LogP contribution in [-0.4, -0.2) is 34.2 Å². The molecule has 29 heavy (non-hydrogen) atoms. The summed E-state index contributed by atoms with van der Waals surface area (Å²) in [6.45, 7) is 6.94. The molecule has 0 spiro atoms. The second-order valence-electron chi connectivity index (χ2n) is 9.14. The van der Waals surface area contributed by atoms with Gasteiger partial charge in [0.25, 0.3) is 0 Å². The quantitative estimate of drug-likeness (QED) is 0.839. The van der Waals surface area contributed by atoms with E-state index >= 15 is 0 Å². The van der Waals surface area contributed by atoms with Crippen LogP contribution in [0.2, 0.25) is 0 Å². The molecule has 1 aliphatic carbocycles. The summed E-state index contributed by atoms with van der Waals surface area (Å²) in [5.41, 5.74) is 10.3. The van der Waals surface area contributed by atoms with Crippen LogP contribution in [0.5, 0.6) is 0 Å². The van der Waals surface area contributed by atoms with E-state index < -0.39 is 5.91 Å². The molecule has 0 bridgehead atoms. The normalized spacial score (nSPS) is 20.7. The van der Waals surface area contributed by atoms with Crippen LogP contribution in [0.1, 0.15) is 77.2 Å². The van der Waals surface area contributed by atoms with Crippen molar-refractivity contribution in [2.75, 3.05) is 6.61 Å². The second-order valence-corrected chi connectivity index (χ2v) is 9.14. The van der Waals surface area contributed by atoms with Crippen LogP contribution < -0.4 is 5.73 Å². The van der Waals surface area contributed by atoms with Crippen LogP contribution in [0.4, 0.5) is 0 Å². The van der Waals surface area contributed by atoms with Crippen molar-refractivity contribution >= 4 is 11.7 Å². The average molecular weight is 396 g/mol. The molecule has 2 heterocycles. The Hall–Kier alpha value is -2.47. The van der Waals surface area contributed by atoms with Crippen molar-refractivity contribution in [3.8, 4) is 5.69 Å². The number of hydrogen-bond acceptors (Lipinski definition) is 4. The minimum atomic E-state index is -0.422. The zero-order valence-corrected chi connectivity index (χ0v) is 17.5. The fourth-order valence-corrected chi connectivity index (χ4v) is 4.70. The van der Waals surface area contributed by atoms with Crippen LogP contribution in [-0.2, 0) is 17.6 Å². The van der Waals surface area contributed by atoms with Crippen LogP contribution in [0.25, 0.3) is 5.69 Å². The van der Waals surface area contributed by atoms with Crippen molar-refractivity contribution < 1.29 is 14.3 Å². The maximum atomic E-state index is 12.7. The van der Waals surface area contributed by atoms with Crippen molar-refractivity contribution in [2.24, 2.45) is 11.1 Å². The van der Waals surface area contributed by atoms with Gasteiger partial charge in [-0.15, -0.1) is 0 Å². The molecule has 1 amide bonds. The fourth-order valence-electron chi connectivity index (χ4n) is 4.70. The van der Waals surface area contributed by atoms with Crippen molar-refractivity contribution in [3.05, 3.63) is 46.3 Å². The molecule has 4 rings (SSSR count). The number of amides is 1. The number of carbonyl (C=O) groups is 2. The van der Waals surface area contributed by atoms with E-state index in [9.17, 15) is 9.59 Å². The van der Waals surface area contributed by atoms with Crippen molar-refractivity contribution in [2.45, 2.75) is 65.4 Å². The van der Waals surface area contributed by atoms with Gasteiger partial charge in [-0.25, -0.2) is 4.68 Å². The van der Waals surface area contributed by atoms with E-state index in [2.05, 4.69) is 18.9 Å². The van der Waals surface area contributed by atoms with Gasteiger partial charge in [-0.05, 0) is 68.2 Å². The number of aryl methyl sites for hydroxylation is 2. The molecule has 1 unspecified atom stereocenters. The van der Waals surface area contributed by atoms with Gasteiger partial charge >= 0.3 is 0 Å². The third kappa shape index (κ3) is 3.86. The molecule has 1 aliphatic heterocycles. The van der Waals surface area contributed by atoms with Crippen molar-refractivity contribution in [3.63, 3.8) is 0 Å². The summed E-state index contributed by atoms with van der Waals surface area (Å²) in [5.74, 6) is -0.263. The molecule has 1 saturated heterocycles. The van der Waals surface area contributed by atoms with Crippen molar-refractivity contribution in [1.82, 2.24) is 9.78 Å². The maximum absolute atomic E-state index is 12.7. The number of hydrogen-bond donors (Lipinski definition) is 1. The highest BCUT2D eigenvalue weighted by Crippen LogP contribution is 2.37. The van der Waals surface area contributed by atoms with Crippen LogP contribution in [0, 0.1) is 12.3 Å². The minimum absolute atomic E-state index is 0.0931. The summed E-state index contributed by atoms with van der Waals surface area (Å²) in [6.07, 6.45) is 5.33. The predicted octanol–water partition coefficient (Wildman–Crippen LogP) is 3.55. The Bertz CT molecular complexity index is 968. The molecular formula is C23H29N3O3. The number of nitrogens with zero attached hydrogens (tertiary/aromatic N) is 2. The lowest BCUT2D eigenvalue weighted by atomic mass is 9.75. The molecule has 1 fully saturated rings. The number of aromatic nitrogens is 2. The van der Waals surface area contributed by atoms with Gasteiger partial charge in [-0.2, -0.15) is 5.10 Å². The Morgan fingerprint density at radius 2 is 2.14 bits per heavy atom. The number of ether oxygens (including phenoxy) is 1. The van der Waals surface area contributed by atoms with E-state index in [1.165, 1.54) is 0 Å². The standard InChI is InChI=1S/C23H29N3O3/c1-14-21-19(12-23(2,3)13-20(21)27)26(25-14)16-7-9-18(22(24)28)15(11-16)6-8-17-5-4-10-29-17/h7,9,11,17H,4-6,8,10,12-13H2,1-3H3,(H2,24,28). The highest BCUT2D eigenvalue weighted by molar-refractivity contribution is 6.00. The topological polar surface area (TPSA) is 87.2 Å². The van der Waals surface area contributed by atoms with E-state index in [1.807, 2.05) is 23.7 Å². The molecule has 154 valence electrons. The first-order valence-electron chi connectivity index (χ1n) is 10.4. The number of fused-ring (bicyclic) bond motifs is 1. The highest BCUT2D eigenvalue weighted by Gasteiger charge is 2.35. The SMILES string of the molecule is Cc1nn(-c2ccc(C(N)=O)c(CCC3CCCO3)c2)c2c1C(=O)CC(C)(C)C2. The lowest BCUT2D eigenvalue weighted by Crippen LogP contribution is -2.28. The molecule has 1 aromatic heterocycles. The Balaban J connectivity index is 1.72. The summed E-state index contributed by atoms with van der Waals surface area (Å²) in [5, 5.41) is 4.69. The first-order chi connectivity index (χ1) is 13.7.